The predicted octanol–water partition coefficient (Wildman–Crippen LogP) is 1.41. The molecule has 2 rings (SSSR count). The summed E-state index contributed by atoms with van der Waals surface area (Å²) < 4.78 is 0. The molecule has 0 spiro atoms. The summed E-state index contributed by atoms with van der Waals surface area (Å²) in [6, 6.07) is 1.60. The third-order valence-corrected chi connectivity index (χ3v) is 2.05. The highest BCUT2D eigenvalue weighted by molar-refractivity contribution is 5.90. The molecule has 72 valence electrons. The molecule has 0 bridgehead atoms. The SMILES string of the molecule is Cc1[nH]c(-c2cn[nH]c2)cc1C(=O)O. The molecule has 0 atom stereocenters. The van der Waals surface area contributed by atoms with Crippen LogP contribution in [0.4, 0.5) is 0 Å². The lowest BCUT2D eigenvalue weighted by molar-refractivity contribution is 0.0696. The van der Waals surface area contributed by atoms with Crippen molar-refractivity contribution in [2.24, 2.45) is 0 Å². The number of carbonyl (C=O) groups is 1. The van der Waals surface area contributed by atoms with Crippen LogP contribution in [0.25, 0.3) is 11.3 Å². The lowest BCUT2D eigenvalue weighted by Gasteiger charge is -1.88. The van der Waals surface area contributed by atoms with E-state index in [1.165, 1.54) is 0 Å². The molecular weight excluding hydrogens is 182 g/mol. The van der Waals surface area contributed by atoms with E-state index in [-0.39, 0.29) is 0 Å². The molecule has 0 aromatic carbocycles. The fourth-order valence-electron chi connectivity index (χ4n) is 1.33. The van der Waals surface area contributed by atoms with Gasteiger partial charge in [-0.25, -0.2) is 4.79 Å². The van der Waals surface area contributed by atoms with E-state index in [4.69, 9.17) is 5.11 Å². The number of hydrogen-bond donors (Lipinski definition) is 3. The zero-order valence-electron chi connectivity index (χ0n) is 7.53. The number of aryl methyl sites for hydroxylation is 1. The fraction of sp³-hybridized carbons (Fsp3) is 0.111. The number of hydrogen-bond acceptors (Lipinski definition) is 2. The Bertz CT molecular complexity index is 456. The van der Waals surface area contributed by atoms with Crippen LogP contribution in [0.5, 0.6) is 0 Å². The molecule has 0 aliphatic heterocycles. The number of aromatic nitrogens is 3. The highest BCUT2D eigenvalue weighted by Gasteiger charge is 2.12. The first-order valence-corrected chi connectivity index (χ1v) is 4.10. The molecule has 2 heterocycles. The Morgan fingerprint density at radius 3 is 2.86 bits per heavy atom. The number of rotatable bonds is 2. The van der Waals surface area contributed by atoms with E-state index in [0.29, 0.717) is 11.3 Å². The minimum absolute atomic E-state index is 0.293. The van der Waals surface area contributed by atoms with Gasteiger partial charge in [0, 0.05) is 23.1 Å². The van der Waals surface area contributed by atoms with Gasteiger partial charge in [-0.2, -0.15) is 5.10 Å². The smallest absolute Gasteiger partial charge is 0.337 e. The molecule has 2 aromatic rings. The van der Waals surface area contributed by atoms with E-state index in [2.05, 4.69) is 15.2 Å². The normalized spacial score (nSPS) is 10.4. The highest BCUT2D eigenvalue weighted by atomic mass is 16.4. The predicted molar refractivity (Wildman–Crippen MR) is 50.1 cm³/mol. The van der Waals surface area contributed by atoms with Crippen LogP contribution in [0.2, 0.25) is 0 Å². The van der Waals surface area contributed by atoms with Crippen molar-refractivity contribution in [3.8, 4) is 11.3 Å². The first kappa shape index (κ1) is 8.55. The standard InChI is InChI=1S/C9H9N3O2/c1-5-7(9(13)14)2-8(12-5)6-3-10-11-4-6/h2-4,12H,1H3,(H,10,11)(H,13,14). The number of aromatic amines is 2. The van der Waals surface area contributed by atoms with Gasteiger partial charge in [0.25, 0.3) is 0 Å². The summed E-state index contributed by atoms with van der Waals surface area (Å²) in [6.45, 7) is 1.73. The van der Waals surface area contributed by atoms with E-state index in [1.54, 1.807) is 25.4 Å². The summed E-state index contributed by atoms with van der Waals surface area (Å²) in [5, 5.41) is 15.3. The van der Waals surface area contributed by atoms with Crippen molar-refractivity contribution < 1.29 is 9.90 Å². The molecule has 3 N–H and O–H groups in total. The van der Waals surface area contributed by atoms with Crippen molar-refractivity contribution in [1.82, 2.24) is 15.2 Å². The molecule has 5 nitrogen and oxygen atoms in total. The van der Waals surface area contributed by atoms with Gasteiger partial charge in [0.2, 0.25) is 0 Å². The zero-order chi connectivity index (χ0) is 10.1. The van der Waals surface area contributed by atoms with Crippen molar-refractivity contribution in [1.29, 1.82) is 0 Å². The summed E-state index contributed by atoms with van der Waals surface area (Å²) >= 11 is 0. The molecule has 0 radical (unpaired) electrons. The number of carboxylic acid groups (broad SMARTS) is 1. The second kappa shape index (κ2) is 3.02. The quantitative estimate of drug-likeness (QED) is 0.671. The van der Waals surface area contributed by atoms with E-state index in [9.17, 15) is 4.79 Å². The van der Waals surface area contributed by atoms with Crippen molar-refractivity contribution in [2.75, 3.05) is 0 Å². The molecule has 14 heavy (non-hydrogen) atoms. The Labute approximate surface area is 79.8 Å². The monoisotopic (exact) mass is 191 g/mol. The molecule has 0 saturated heterocycles. The van der Waals surface area contributed by atoms with E-state index >= 15 is 0 Å². The van der Waals surface area contributed by atoms with E-state index in [0.717, 1.165) is 11.3 Å². The number of H-pyrrole nitrogens is 2. The number of carboxylic acids is 1. The largest absolute Gasteiger partial charge is 0.478 e. The summed E-state index contributed by atoms with van der Waals surface area (Å²) in [6.07, 6.45) is 3.34. The van der Waals surface area contributed by atoms with Crippen LogP contribution in [0.1, 0.15) is 16.1 Å². The number of nitrogens with zero attached hydrogens (tertiary/aromatic N) is 1. The molecule has 2 aromatic heterocycles. The van der Waals surface area contributed by atoms with Crippen LogP contribution in [0, 0.1) is 6.92 Å². The van der Waals surface area contributed by atoms with Crippen molar-refractivity contribution in [3.05, 3.63) is 29.7 Å². The maximum atomic E-state index is 10.8. The van der Waals surface area contributed by atoms with Crippen molar-refractivity contribution >= 4 is 5.97 Å². The van der Waals surface area contributed by atoms with Crippen LogP contribution >= 0.6 is 0 Å². The van der Waals surface area contributed by atoms with E-state index < -0.39 is 5.97 Å². The molecule has 0 amide bonds. The third-order valence-electron chi connectivity index (χ3n) is 2.05. The number of aromatic carboxylic acids is 1. The van der Waals surface area contributed by atoms with Gasteiger partial charge >= 0.3 is 5.97 Å². The molecule has 5 heteroatoms. The average Bonchev–Trinajstić information content (AvgIpc) is 2.70. The lowest BCUT2D eigenvalue weighted by atomic mass is 10.2. The topological polar surface area (TPSA) is 81.8 Å². The second-order valence-corrected chi connectivity index (χ2v) is 3.01. The number of nitrogens with one attached hydrogen (secondary N) is 2. The Morgan fingerprint density at radius 2 is 2.36 bits per heavy atom. The zero-order valence-corrected chi connectivity index (χ0v) is 7.53. The Balaban J connectivity index is 2.48. The minimum atomic E-state index is -0.923. The van der Waals surface area contributed by atoms with Crippen LogP contribution in [0.15, 0.2) is 18.5 Å². The average molecular weight is 191 g/mol. The van der Waals surface area contributed by atoms with Crippen molar-refractivity contribution in [2.45, 2.75) is 6.92 Å². The van der Waals surface area contributed by atoms with Gasteiger partial charge in [-0.1, -0.05) is 0 Å². The van der Waals surface area contributed by atoms with Gasteiger partial charge in [-0.05, 0) is 13.0 Å². The van der Waals surface area contributed by atoms with Crippen LogP contribution in [0.3, 0.4) is 0 Å². The second-order valence-electron chi connectivity index (χ2n) is 3.01. The molecule has 0 saturated carbocycles. The maximum absolute atomic E-state index is 10.8. The van der Waals surface area contributed by atoms with Gasteiger partial charge in [-0.3, -0.25) is 5.10 Å². The highest BCUT2D eigenvalue weighted by Crippen LogP contribution is 2.20. The summed E-state index contributed by atoms with van der Waals surface area (Å²) in [5.41, 5.74) is 2.55. The Morgan fingerprint density at radius 1 is 1.57 bits per heavy atom. The van der Waals surface area contributed by atoms with Crippen LogP contribution < -0.4 is 0 Å². The molecular formula is C9H9N3O2. The molecule has 0 unspecified atom stereocenters. The van der Waals surface area contributed by atoms with E-state index in [1.807, 2.05) is 0 Å². The van der Waals surface area contributed by atoms with Crippen molar-refractivity contribution in [3.63, 3.8) is 0 Å². The first-order chi connectivity index (χ1) is 6.68. The first-order valence-electron chi connectivity index (χ1n) is 4.10. The Kier molecular flexibility index (Phi) is 1.85. The summed E-state index contributed by atoms with van der Waals surface area (Å²) in [7, 11) is 0. The molecule has 0 aliphatic rings. The van der Waals surface area contributed by atoms with Gasteiger partial charge in [-0.15, -0.1) is 0 Å². The third kappa shape index (κ3) is 1.28. The fourth-order valence-corrected chi connectivity index (χ4v) is 1.33. The maximum Gasteiger partial charge on any atom is 0.337 e. The van der Waals surface area contributed by atoms with Crippen LogP contribution in [-0.2, 0) is 0 Å². The van der Waals surface area contributed by atoms with Gasteiger partial charge < -0.3 is 10.1 Å². The lowest BCUT2D eigenvalue weighted by Crippen LogP contribution is -1.95. The summed E-state index contributed by atoms with van der Waals surface area (Å²) in [4.78, 5) is 13.7. The van der Waals surface area contributed by atoms with Gasteiger partial charge in [0.05, 0.1) is 11.8 Å². The van der Waals surface area contributed by atoms with Crippen LogP contribution in [-0.4, -0.2) is 26.3 Å². The Hall–Kier alpha value is -2.04. The molecule has 0 fully saturated rings. The van der Waals surface area contributed by atoms with Gasteiger partial charge in [0.1, 0.15) is 0 Å². The minimum Gasteiger partial charge on any atom is -0.478 e. The molecule has 0 aliphatic carbocycles. The summed E-state index contributed by atoms with van der Waals surface area (Å²) in [5.74, 6) is -0.923. The van der Waals surface area contributed by atoms with Gasteiger partial charge in [0.15, 0.2) is 0 Å².